The SMILES string of the molecule is Cc1ccsc1CN1CC2CCCN2CC1C(C)C. The standard InChI is InChI=1S/C16H26N2S/c1-12(2)15-10-17-7-4-5-14(17)9-18(15)11-16-13(3)6-8-19-16/h6,8,12,14-15H,4-5,7,9-11H2,1-3H3. The lowest BCUT2D eigenvalue weighted by molar-refractivity contribution is 0.0245. The third kappa shape index (κ3) is 2.74. The Bertz CT molecular complexity index is 426. The highest BCUT2D eigenvalue weighted by Crippen LogP contribution is 2.30. The fourth-order valence-corrected chi connectivity index (χ4v) is 4.60. The van der Waals surface area contributed by atoms with Gasteiger partial charge >= 0.3 is 0 Å². The highest BCUT2D eigenvalue weighted by Gasteiger charge is 2.37. The van der Waals surface area contributed by atoms with Gasteiger partial charge in [0.25, 0.3) is 0 Å². The van der Waals surface area contributed by atoms with Gasteiger partial charge in [-0.3, -0.25) is 9.80 Å². The number of nitrogens with zero attached hydrogens (tertiary/aromatic N) is 2. The van der Waals surface area contributed by atoms with Gasteiger partial charge in [0, 0.05) is 36.6 Å². The third-order valence-electron chi connectivity index (χ3n) is 4.92. The normalized spacial score (nSPS) is 29.1. The van der Waals surface area contributed by atoms with Crippen LogP contribution in [0.1, 0.15) is 37.1 Å². The summed E-state index contributed by atoms with van der Waals surface area (Å²) in [6.07, 6.45) is 2.81. The topological polar surface area (TPSA) is 6.48 Å². The van der Waals surface area contributed by atoms with Crippen LogP contribution in [0.25, 0.3) is 0 Å². The molecule has 0 spiro atoms. The number of aryl methyl sites for hydroxylation is 1. The Morgan fingerprint density at radius 3 is 2.89 bits per heavy atom. The second-order valence-corrected chi connectivity index (χ2v) is 7.56. The van der Waals surface area contributed by atoms with Gasteiger partial charge in [-0.05, 0) is 49.2 Å². The molecule has 2 atom stereocenters. The van der Waals surface area contributed by atoms with Crippen LogP contribution < -0.4 is 0 Å². The minimum atomic E-state index is 0.732. The number of piperazine rings is 1. The van der Waals surface area contributed by atoms with E-state index in [-0.39, 0.29) is 0 Å². The van der Waals surface area contributed by atoms with E-state index in [1.54, 1.807) is 4.88 Å². The molecule has 2 aliphatic heterocycles. The van der Waals surface area contributed by atoms with Gasteiger partial charge in [-0.25, -0.2) is 0 Å². The van der Waals surface area contributed by atoms with E-state index in [1.165, 1.54) is 38.0 Å². The average Bonchev–Trinajstić information content (AvgIpc) is 2.97. The highest BCUT2D eigenvalue weighted by molar-refractivity contribution is 7.10. The molecule has 3 heterocycles. The molecule has 0 radical (unpaired) electrons. The van der Waals surface area contributed by atoms with Crippen LogP contribution in [0.15, 0.2) is 11.4 Å². The van der Waals surface area contributed by atoms with E-state index < -0.39 is 0 Å². The van der Waals surface area contributed by atoms with Crippen molar-refractivity contribution in [2.45, 2.75) is 52.2 Å². The summed E-state index contributed by atoms with van der Waals surface area (Å²) in [5, 5.41) is 2.24. The summed E-state index contributed by atoms with van der Waals surface area (Å²) in [5.41, 5.74) is 1.47. The molecule has 0 bridgehead atoms. The summed E-state index contributed by atoms with van der Waals surface area (Å²) in [7, 11) is 0. The maximum Gasteiger partial charge on any atom is 0.0334 e. The molecule has 0 saturated carbocycles. The molecule has 0 amide bonds. The number of rotatable bonds is 3. The Hall–Kier alpha value is -0.380. The fraction of sp³-hybridized carbons (Fsp3) is 0.750. The van der Waals surface area contributed by atoms with Crippen molar-refractivity contribution in [2.24, 2.45) is 5.92 Å². The second kappa shape index (κ2) is 5.55. The van der Waals surface area contributed by atoms with E-state index in [1.807, 2.05) is 11.3 Å². The summed E-state index contributed by atoms with van der Waals surface area (Å²) in [6, 6.07) is 3.82. The van der Waals surface area contributed by atoms with Crippen molar-refractivity contribution in [2.75, 3.05) is 19.6 Å². The minimum absolute atomic E-state index is 0.732. The van der Waals surface area contributed by atoms with Crippen LogP contribution in [0.2, 0.25) is 0 Å². The van der Waals surface area contributed by atoms with Gasteiger partial charge in [0.15, 0.2) is 0 Å². The molecule has 0 aromatic carbocycles. The van der Waals surface area contributed by atoms with Crippen molar-refractivity contribution in [1.29, 1.82) is 0 Å². The third-order valence-corrected chi connectivity index (χ3v) is 5.93. The highest BCUT2D eigenvalue weighted by atomic mass is 32.1. The van der Waals surface area contributed by atoms with E-state index in [2.05, 4.69) is 42.0 Å². The van der Waals surface area contributed by atoms with Crippen LogP contribution in [0.3, 0.4) is 0 Å². The first kappa shape index (κ1) is 13.6. The Balaban J connectivity index is 1.75. The van der Waals surface area contributed by atoms with E-state index >= 15 is 0 Å². The molecular weight excluding hydrogens is 252 g/mol. The van der Waals surface area contributed by atoms with E-state index in [0.29, 0.717) is 0 Å². The number of thiophene rings is 1. The molecule has 3 heteroatoms. The van der Waals surface area contributed by atoms with Crippen molar-refractivity contribution in [3.63, 3.8) is 0 Å². The van der Waals surface area contributed by atoms with Gasteiger partial charge in [0.1, 0.15) is 0 Å². The van der Waals surface area contributed by atoms with Crippen LogP contribution >= 0.6 is 11.3 Å². The van der Waals surface area contributed by atoms with Gasteiger partial charge in [0.2, 0.25) is 0 Å². The maximum atomic E-state index is 2.76. The van der Waals surface area contributed by atoms with Crippen LogP contribution in [-0.2, 0) is 6.54 Å². The Morgan fingerprint density at radius 1 is 1.37 bits per heavy atom. The first-order chi connectivity index (χ1) is 9.15. The van der Waals surface area contributed by atoms with Crippen LogP contribution in [0.4, 0.5) is 0 Å². The fourth-order valence-electron chi connectivity index (χ4n) is 3.67. The zero-order valence-corrected chi connectivity index (χ0v) is 13.2. The lowest BCUT2D eigenvalue weighted by Crippen LogP contribution is -2.57. The average molecular weight is 278 g/mol. The summed E-state index contributed by atoms with van der Waals surface area (Å²) >= 11 is 1.93. The zero-order valence-electron chi connectivity index (χ0n) is 12.4. The van der Waals surface area contributed by atoms with Crippen molar-refractivity contribution >= 4 is 11.3 Å². The quantitative estimate of drug-likeness (QED) is 0.836. The van der Waals surface area contributed by atoms with Crippen LogP contribution in [-0.4, -0.2) is 41.5 Å². The number of hydrogen-bond acceptors (Lipinski definition) is 3. The van der Waals surface area contributed by atoms with E-state index in [0.717, 1.165) is 24.5 Å². The Morgan fingerprint density at radius 2 is 2.21 bits per heavy atom. The lowest BCUT2D eigenvalue weighted by atomic mass is 9.97. The summed E-state index contributed by atoms with van der Waals surface area (Å²) in [5.74, 6) is 0.752. The predicted octanol–water partition coefficient (Wildman–Crippen LogP) is 3.36. The van der Waals surface area contributed by atoms with Crippen LogP contribution in [0, 0.1) is 12.8 Å². The molecule has 1 aromatic rings. The van der Waals surface area contributed by atoms with Crippen molar-refractivity contribution in [3.8, 4) is 0 Å². The molecule has 1 aromatic heterocycles. The van der Waals surface area contributed by atoms with Crippen molar-refractivity contribution in [1.82, 2.24) is 9.80 Å². The molecule has 3 rings (SSSR count). The van der Waals surface area contributed by atoms with Gasteiger partial charge in [-0.15, -0.1) is 11.3 Å². The van der Waals surface area contributed by atoms with Gasteiger partial charge in [0.05, 0.1) is 0 Å². The molecule has 2 nitrogen and oxygen atoms in total. The largest absolute Gasteiger partial charge is 0.298 e. The van der Waals surface area contributed by atoms with Gasteiger partial charge in [-0.2, -0.15) is 0 Å². The molecule has 0 aliphatic carbocycles. The monoisotopic (exact) mass is 278 g/mol. The Labute approximate surface area is 121 Å². The summed E-state index contributed by atoms with van der Waals surface area (Å²) in [4.78, 5) is 7.07. The molecule has 0 N–H and O–H groups in total. The first-order valence-corrected chi connectivity index (χ1v) is 8.54. The lowest BCUT2D eigenvalue weighted by Gasteiger charge is -2.45. The molecule has 2 fully saturated rings. The van der Waals surface area contributed by atoms with Crippen molar-refractivity contribution < 1.29 is 0 Å². The van der Waals surface area contributed by atoms with Gasteiger partial charge in [-0.1, -0.05) is 13.8 Å². The second-order valence-electron chi connectivity index (χ2n) is 6.56. The van der Waals surface area contributed by atoms with Crippen molar-refractivity contribution in [3.05, 3.63) is 21.9 Å². The summed E-state index contributed by atoms with van der Waals surface area (Å²) in [6.45, 7) is 12.1. The van der Waals surface area contributed by atoms with Crippen LogP contribution in [0.5, 0.6) is 0 Å². The minimum Gasteiger partial charge on any atom is -0.298 e. The number of fused-ring (bicyclic) bond motifs is 1. The molecule has 2 aliphatic rings. The maximum absolute atomic E-state index is 2.76. The predicted molar refractivity (Wildman–Crippen MR) is 82.7 cm³/mol. The molecule has 2 unspecified atom stereocenters. The summed E-state index contributed by atoms with van der Waals surface area (Å²) < 4.78 is 0. The van der Waals surface area contributed by atoms with E-state index in [9.17, 15) is 0 Å². The molecule has 19 heavy (non-hydrogen) atoms. The van der Waals surface area contributed by atoms with Gasteiger partial charge < -0.3 is 0 Å². The zero-order chi connectivity index (χ0) is 13.4. The molecule has 106 valence electrons. The first-order valence-electron chi connectivity index (χ1n) is 7.66. The molecule has 2 saturated heterocycles. The molecular formula is C16H26N2S. The van der Waals surface area contributed by atoms with E-state index in [4.69, 9.17) is 0 Å². The smallest absolute Gasteiger partial charge is 0.0334 e. The Kier molecular flexibility index (Phi) is 3.97. The number of hydrogen-bond donors (Lipinski definition) is 0.